The lowest BCUT2D eigenvalue weighted by atomic mass is 9.80. The highest BCUT2D eigenvalue weighted by molar-refractivity contribution is 7.15. The molecular formula is C29H32N2O4S. The third kappa shape index (κ3) is 5.32. The minimum atomic E-state index is -0.995. The van der Waals surface area contributed by atoms with Gasteiger partial charge in [0.1, 0.15) is 5.00 Å². The average molecular weight is 505 g/mol. The highest BCUT2D eigenvalue weighted by atomic mass is 32.1. The predicted octanol–water partition coefficient (Wildman–Crippen LogP) is 5.83. The van der Waals surface area contributed by atoms with Crippen LogP contribution in [0.3, 0.4) is 0 Å². The van der Waals surface area contributed by atoms with Crippen LogP contribution in [0.5, 0.6) is 0 Å². The number of ether oxygens (including phenoxy) is 1. The van der Waals surface area contributed by atoms with Crippen LogP contribution in [-0.4, -0.2) is 43.8 Å². The molecule has 0 bridgehead atoms. The number of benzene rings is 2. The van der Waals surface area contributed by atoms with Crippen LogP contribution in [0.25, 0.3) is 0 Å². The van der Waals surface area contributed by atoms with E-state index in [1.807, 2.05) is 23.6 Å². The topological polar surface area (TPSA) is 78.9 Å². The highest BCUT2D eigenvalue weighted by Crippen LogP contribution is 2.40. The monoisotopic (exact) mass is 504 g/mol. The van der Waals surface area contributed by atoms with Crippen molar-refractivity contribution in [2.24, 2.45) is 5.92 Å². The largest absolute Gasteiger partial charge is 0.478 e. The quantitative estimate of drug-likeness (QED) is 0.423. The zero-order valence-corrected chi connectivity index (χ0v) is 21.4. The molecule has 2 aromatic carbocycles. The average Bonchev–Trinajstić information content (AvgIpc) is 3.33. The van der Waals surface area contributed by atoms with Crippen LogP contribution in [0.1, 0.15) is 62.6 Å². The Morgan fingerprint density at radius 2 is 1.78 bits per heavy atom. The molecule has 1 fully saturated rings. The van der Waals surface area contributed by atoms with Crippen molar-refractivity contribution in [2.75, 3.05) is 37.0 Å². The van der Waals surface area contributed by atoms with Crippen molar-refractivity contribution in [1.29, 1.82) is 0 Å². The number of aryl methyl sites for hydroxylation is 1. The number of nitrogens with one attached hydrogen (secondary N) is 1. The molecule has 0 spiro atoms. The second-order valence-electron chi connectivity index (χ2n) is 9.85. The van der Waals surface area contributed by atoms with Gasteiger partial charge in [-0.05, 0) is 90.3 Å². The van der Waals surface area contributed by atoms with E-state index >= 15 is 0 Å². The molecule has 2 heterocycles. The van der Waals surface area contributed by atoms with E-state index in [4.69, 9.17) is 4.74 Å². The number of carboxylic acid groups (broad SMARTS) is 1. The fraction of sp³-hybridized carbons (Fsp3) is 0.379. The molecule has 1 aliphatic heterocycles. The first-order valence-corrected chi connectivity index (χ1v) is 13.5. The Kier molecular flexibility index (Phi) is 7.39. The SMILES string of the molecule is CN(CC1CCOCC1)c1ccc(C(=O)Nc2scc(C3CCc4ccccc4C3)c2C(=O)O)cc1. The van der Waals surface area contributed by atoms with Gasteiger partial charge in [0.25, 0.3) is 5.91 Å². The molecule has 1 aromatic heterocycles. The van der Waals surface area contributed by atoms with Gasteiger partial charge in [0.15, 0.2) is 0 Å². The van der Waals surface area contributed by atoms with E-state index in [1.54, 1.807) is 12.1 Å². The van der Waals surface area contributed by atoms with Gasteiger partial charge in [0.2, 0.25) is 0 Å². The zero-order valence-electron chi connectivity index (χ0n) is 20.5. The number of carboxylic acids is 1. The first kappa shape index (κ1) is 24.5. The van der Waals surface area contributed by atoms with Crippen molar-refractivity contribution >= 4 is 33.9 Å². The normalized spacial score (nSPS) is 17.9. The van der Waals surface area contributed by atoms with Gasteiger partial charge in [0.05, 0.1) is 5.56 Å². The van der Waals surface area contributed by atoms with Crippen molar-refractivity contribution in [3.63, 3.8) is 0 Å². The Hall–Kier alpha value is -3.16. The molecule has 1 unspecified atom stereocenters. The molecule has 1 amide bonds. The molecule has 3 aromatic rings. The number of hydrogen-bond acceptors (Lipinski definition) is 5. The smallest absolute Gasteiger partial charge is 0.339 e. The van der Waals surface area contributed by atoms with Gasteiger partial charge in [-0.2, -0.15) is 0 Å². The predicted molar refractivity (Wildman–Crippen MR) is 144 cm³/mol. The summed E-state index contributed by atoms with van der Waals surface area (Å²) in [5, 5.41) is 15.2. The van der Waals surface area contributed by atoms with Crippen LogP contribution >= 0.6 is 11.3 Å². The lowest BCUT2D eigenvalue weighted by molar-refractivity contribution is 0.0684. The summed E-state index contributed by atoms with van der Waals surface area (Å²) in [6, 6.07) is 15.9. The number of nitrogens with zero attached hydrogens (tertiary/aromatic N) is 1. The van der Waals surface area contributed by atoms with Crippen LogP contribution in [0, 0.1) is 5.92 Å². The molecule has 5 rings (SSSR count). The fourth-order valence-electron chi connectivity index (χ4n) is 5.41. The van der Waals surface area contributed by atoms with Crippen LogP contribution in [0.2, 0.25) is 0 Å². The molecular weight excluding hydrogens is 472 g/mol. The lowest BCUT2D eigenvalue weighted by Gasteiger charge is -2.28. The molecule has 0 saturated carbocycles. The molecule has 1 atom stereocenters. The van der Waals surface area contributed by atoms with Gasteiger partial charge in [0, 0.05) is 38.1 Å². The Morgan fingerprint density at radius 1 is 1.06 bits per heavy atom. The molecule has 1 aliphatic carbocycles. The van der Waals surface area contributed by atoms with Crippen molar-refractivity contribution < 1.29 is 19.4 Å². The summed E-state index contributed by atoms with van der Waals surface area (Å²) in [6.45, 7) is 2.61. The molecule has 6 nitrogen and oxygen atoms in total. The summed E-state index contributed by atoms with van der Waals surface area (Å²) in [7, 11) is 2.07. The van der Waals surface area contributed by atoms with Crippen LogP contribution in [-0.2, 0) is 17.6 Å². The van der Waals surface area contributed by atoms with Crippen molar-refractivity contribution in [2.45, 2.75) is 38.0 Å². The highest BCUT2D eigenvalue weighted by Gasteiger charge is 2.28. The number of aromatic carboxylic acids is 1. The molecule has 188 valence electrons. The first-order chi connectivity index (χ1) is 17.5. The number of anilines is 2. The van der Waals surface area contributed by atoms with E-state index in [2.05, 4.69) is 35.5 Å². The molecule has 2 aliphatic rings. The van der Waals surface area contributed by atoms with Gasteiger partial charge in [-0.25, -0.2) is 4.79 Å². The van der Waals surface area contributed by atoms with Gasteiger partial charge < -0.3 is 20.1 Å². The van der Waals surface area contributed by atoms with E-state index in [9.17, 15) is 14.7 Å². The van der Waals surface area contributed by atoms with Gasteiger partial charge in [-0.1, -0.05) is 24.3 Å². The van der Waals surface area contributed by atoms with E-state index in [-0.39, 0.29) is 17.4 Å². The van der Waals surface area contributed by atoms with Crippen LogP contribution in [0.15, 0.2) is 53.9 Å². The van der Waals surface area contributed by atoms with Crippen molar-refractivity contribution in [3.05, 3.63) is 81.7 Å². The Bertz CT molecular complexity index is 1230. The van der Waals surface area contributed by atoms with Gasteiger partial charge in [-0.3, -0.25) is 4.79 Å². The maximum absolute atomic E-state index is 13.0. The van der Waals surface area contributed by atoms with Gasteiger partial charge >= 0.3 is 5.97 Å². The zero-order chi connectivity index (χ0) is 25.1. The van der Waals surface area contributed by atoms with E-state index in [0.29, 0.717) is 16.5 Å². The van der Waals surface area contributed by atoms with E-state index in [1.165, 1.54) is 22.5 Å². The second-order valence-corrected chi connectivity index (χ2v) is 10.7. The summed E-state index contributed by atoms with van der Waals surface area (Å²) in [5.41, 5.74) is 5.24. The number of amides is 1. The third-order valence-electron chi connectivity index (χ3n) is 7.49. The van der Waals surface area contributed by atoms with Crippen molar-refractivity contribution in [1.82, 2.24) is 0 Å². The minimum Gasteiger partial charge on any atom is -0.478 e. The number of carbonyl (C=O) groups is 2. The summed E-state index contributed by atoms with van der Waals surface area (Å²) in [4.78, 5) is 27.5. The first-order valence-electron chi connectivity index (χ1n) is 12.6. The molecule has 36 heavy (non-hydrogen) atoms. The number of hydrogen-bond donors (Lipinski definition) is 2. The molecule has 1 saturated heterocycles. The van der Waals surface area contributed by atoms with E-state index in [0.717, 1.165) is 63.1 Å². The number of carbonyl (C=O) groups excluding carboxylic acids is 1. The van der Waals surface area contributed by atoms with E-state index < -0.39 is 5.97 Å². The Labute approximate surface area is 215 Å². The van der Waals surface area contributed by atoms with Crippen molar-refractivity contribution in [3.8, 4) is 0 Å². The number of thiophene rings is 1. The summed E-state index contributed by atoms with van der Waals surface area (Å²) >= 11 is 1.30. The molecule has 0 radical (unpaired) electrons. The molecule has 7 heteroatoms. The standard InChI is InChI=1S/C29H32N2O4S/c1-31(17-19-12-14-35-15-13-19)24-10-8-21(9-11-24)27(32)30-28-26(29(33)34)25(18-36-28)23-7-6-20-4-2-3-5-22(20)16-23/h2-5,8-11,18-19,23H,6-7,12-17H2,1H3,(H,30,32)(H,33,34). The Morgan fingerprint density at radius 3 is 2.50 bits per heavy atom. The number of fused-ring (bicyclic) bond motifs is 1. The van der Waals surface area contributed by atoms with Crippen LogP contribution in [0.4, 0.5) is 10.7 Å². The second kappa shape index (κ2) is 10.8. The fourth-order valence-corrected chi connectivity index (χ4v) is 6.44. The maximum atomic E-state index is 13.0. The summed E-state index contributed by atoms with van der Waals surface area (Å²) in [5.74, 6) is -0.533. The lowest BCUT2D eigenvalue weighted by Crippen LogP contribution is -2.29. The summed E-state index contributed by atoms with van der Waals surface area (Å²) in [6.07, 6.45) is 4.82. The number of rotatable bonds is 7. The molecule has 2 N–H and O–H groups in total. The maximum Gasteiger partial charge on any atom is 0.339 e. The Balaban J connectivity index is 1.27. The minimum absolute atomic E-state index is 0.137. The van der Waals surface area contributed by atoms with Gasteiger partial charge in [-0.15, -0.1) is 11.3 Å². The summed E-state index contributed by atoms with van der Waals surface area (Å²) < 4.78 is 5.45. The third-order valence-corrected chi connectivity index (χ3v) is 8.40. The van der Waals surface area contributed by atoms with Crippen LogP contribution < -0.4 is 10.2 Å².